The van der Waals surface area contributed by atoms with Gasteiger partial charge in [-0.1, -0.05) is 18.2 Å². The second kappa shape index (κ2) is 3.44. The fourth-order valence-electron chi connectivity index (χ4n) is 2.27. The van der Waals surface area contributed by atoms with Gasteiger partial charge < -0.3 is 4.74 Å². The van der Waals surface area contributed by atoms with Crippen LogP contribution in [0.25, 0.3) is 0 Å². The summed E-state index contributed by atoms with van der Waals surface area (Å²) >= 11 is 0. The predicted octanol–water partition coefficient (Wildman–Crippen LogP) is 2.30. The molecule has 3 heteroatoms. The number of carbonyl (C=O) groups is 1. The number of benzene rings is 1. The molecule has 1 heterocycles. The van der Waals surface area contributed by atoms with Crippen LogP contribution in [-0.2, 0) is 9.53 Å². The van der Waals surface area contributed by atoms with Gasteiger partial charge >= 0.3 is 5.97 Å². The van der Waals surface area contributed by atoms with Crippen molar-refractivity contribution in [3.05, 3.63) is 35.9 Å². The topological polar surface area (TPSA) is 38.7 Å². The molecule has 2 aliphatic rings. The molecule has 3 nitrogen and oxygen atoms in total. The molecular formula is C13H13NO2. The summed E-state index contributed by atoms with van der Waals surface area (Å²) in [5.74, 6) is 0.352. The summed E-state index contributed by atoms with van der Waals surface area (Å²) < 4.78 is 5.21. The van der Waals surface area contributed by atoms with Gasteiger partial charge in [-0.15, -0.1) is 0 Å². The van der Waals surface area contributed by atoms with Crippen LogP contribution in [0, 0.1) is 0 Å². The highest BCUT2D eigenvalue weighted by molar-refractivity contribution is 6.02. The smallest absolute Gasteiger partial charge is 0.314 e. The third kappa shape index (κ3) is 1.52. The third-order valence-electron chi connectivity index (χ3n) is 3.33. The molecule has 0 N–H and O–H groups in total. The number of hydrogen-bond donors (Lipinski definition) is 0. The molecule has 3 rings (SSSR count). The standard InChI is InChI=1S/C13H13NO2/c15-11-9-13(7-4-8-13)14-12(16-11)10-5-2-1-3-6-10/h1-3,5-6H,4,7-9H2. The molecule has 1 aliphatic heterocycles. The number of rotatable bonds is 1. The Bertz CT molecular complexity index is 446. The van der Waals surface area contributed by atoms with Gasteiger partial charge in [0.2, 0.25) is 5.90 Å². The monoisotopic (exact) mass is 215 g/mol. The molecular weight excluding hydrogens is 202 g/mol. The Morgan fingerprint density at radius 3 is 2.56 bits per heavy atom. The first-order valence-corrected chi connectivity index (χ1v) is 5.63. The van der Waals surface area contributed by atoms with E-state index in [1.807, 2.05) is 30.3 Å². The number of aliphatic imine (C=N–C) groups is 1. The molecule has 0 aromatic heterocycles. The Hall–Kier alpha value is -1.64. The lowest BCUT2D eigenvalue weighted by atomic mass is 9.74. The van der Waals surface area contributed by atoms with E-state index in [-0.39, 0.29) is 11.5 Å². The fraction of sp³-hybridized carbons (Fsp3) is 0.385. The van der Waals surface area contributed by atoms with E-state index >= 15 is 0 Å². The van der Waals surface area contributed by atoms with Gasteiger partial charge in [-0.05, 0) is 31.4 Å². The molecule has 1 fully saturated rings. The maximum atomic E-state index is 11.6. The van der Waals surface area contributed by atoms with Crippen LogP contribution in [0.15, 0.2) is 35.3 Å². The summed E-state index contributed by atoms with van der Waals surface area (Å²) in [4.78, 5) is 16.2. The first-order valence-electron chi connectivity index (χ1n) is 5.63. The van der Waals surface area contributed by atoms with Gasteiger partial charge in [-0.2, -0.15) is 0 Å². The van der Waals surface area contributed by atoms with Crippen molar-refractivity contribution in [1.29, 1.82) is 0 Å². The Labute approximate surface area is 94.1 Å². The van der Waals surface area contributed by atoms with Crippen molar-refractivity contribution in [2.75, 3.05) is 0 Å². The van der Waals surface area contributed by atoms with E-state index < -0.39 is 0 Å². The van der Waals surface area contributed by atoms with Gasteiger partial charge in [0.25, 0.3) is 0 Å². The number of carbonyl (C=O) groups excluding carboxylic acids is 1. The van der Waals surface area contributed by atoms with E-state index in [9.17, 15) is 4.79 Å². The first kappa shape index (κ1) is 9.58. The van der Waals surface area contributed by atoms with E-state index in [2.05, 4.69) is 4.99 Å². The van der Waals surface area contributed by atoms with Crippen LogP contribution in [0.2, 0.25) is 0 Å². The molecule has 0 unspecified atom stereocenters. The van der Waals surface area contributed by atoms with Gasteiger partial charge in [-0.25, -0.2) is 4.99 Å². The first-order chi connectivity index (χ1) is 7.77. The molecule has 0 bridgehead atoms. The third-order valence-corrected chi connectivity index (χ3v) is 3.33. The van der Waals surface area contributed by atoms with Crippen molar-refractivity contribution >= 4 is 11.9 Å². The zero-order chi connectivity index (χ0) is 11.0. The van der Waals surface area contributed by atoms with Crippen LogP contribution in [0.3, 0.4) is 0 Å². The van der Waals surface area contributed by atoms with Crippen molar-refractivity contribution in [2.24, 2.45) is 4.99 Å². The Morgan fingerprint density at radius 2 is 1.94 bits per heavy atom. The second-order valence-corrected chi connectivity index (χ2v) is 4.51. The predicted molar refractivity (Wildman–Crippen MR) is 60.3 cm³/mol. The second-order valence-electron chi connectivity index (χ2n) is 4.51. The van der Waals surface area contributed by atoms with Crippen LogP contribution in [-0.4, -0.2) is 17.4 Å². The van der Waals surface area contributed by atoms with Crippen LogP contribution < -0.4 is 0 Å². The molecule has 1 aromatic carbocycles. The lowest BCUT2D eigenvalue weighted by Gasteiger charge is -2.40. The van der Waals surface area contributed by atoms with E-state index in [0.717, 1.165) is 18.4 Å². The van der Waals surface area contributed by atoms with Gasteiger partial charge in [0.15, 0.2) is 0 Å². The number of ether oxygens (including phenoxy) is 1. The molecule has 0 radical (unpaired) electrons. The van der Waals surface area contributed by atoms with Crippen LogP contribution in [0.1, 0.15) is 31.2 Å². The molecule has 16 heavy (non-hydrogen) atoms. The van der Waals surface area contributed by atoms with Gasteiger partial charge in [-0.3, -0.25) is 4.79 Å². The zero-order valence-corrected chi connectivity index (χ0v) is 8.98. The summed E-state index contributed by atoms with van der Waals surface area (Å²) in [6, 6.07) is 9.63. The lowest BCUT2D eigenvalue weighted by Crippen LogP contribution is -2.43. The van der Waals surface area contributed by atoms with Crippen molar-refractivity contribution < 1.29 is 9.53 Å². The number of nitrogens with zero attached hydrogens (tertiary/aromatic N) is 1. The molecule has 82 valence electrons. The largest absolute Gasteiger partial charge is 0.407 e. The Kier molecular flexibility index (Phi) is 2.06. The molecule has 1 spiro atoms. The van der Waals surface area contributed by atoms with E-state index in [0.29, 0.717) is 12.3 Å². The molecule has 0 amide bonds. The molecule has 1 aromatic rings. The molecule has 1 saturated carbocycles. The maximum absolute atomic E-state index is 11.6. The van der Waals surface area contributed by atoms with Crippen LogP contribution in [0.4, 0.5) is 0 Å². The Balaban J connectivity index is 1.98. The summed E-state index contributed by atoms with van der Waals surface area (Å²) in [5.41, 5.74) is 0.752. The molecule has 0 atom stereocenters. The quantitative estimate of drug-likeness (QED) is 0.674. The average Bonchev–Trinajstić information content (AvgIpc) is 2.27. The van der Waals surface area contributed by atoms with Crippen LogP contribution in [0.5, 0.6) is 0 Å². The normalized spacial score (nSPS) is 22.2. The minimum atomic E-state index is -0.145. The number of esters is 1. The van der Waals surface area contributed by atoms with E-state index in [1.165, 1.54) is 6.42 Å². The van der Waals surface area contributed by atoms with E-state index in [1.54, 1.807) is 0 Å². The highest BCUT2D eigenvalue weighted by Crippen LogP contribution is 2.41. The summed E-state index contributed by atoms with van der Waals surface area (Å²) in [7, 11) is 0. The van der Waals surface area contributed by atoms with Gasteiger partial charge in [0, 0.05) is 5.56 Å². The maximum Gasteiger partial charge on any atom is 0.314 e. The van der Waals surface area contributed by atoms with Crippen molar-refractivity contribution in [1.82, 2.24) is 0 Å². The number of cyclic esters (lactones) is 1. The molecule has 1 aliphatic carbocycles. The summed E-state index contributed by atoms with van der Waals surface area (Å²) in [5, 5.41) is 0. The lowest BCUT2D eigenvalue weighted by molar-refractivity contribution is -0.139. The van der Waals surface area contributed by atoms with Gasteiger partial charge in [0.1, 0.15) is 0 Å². The van der Waals surface area contributed by atoms with Gasteiger partial charge in [0.05, 0.1) is 12.0 Å². The SMILES string of the molecule is O=C1CC2(CCC2)N=C(c2ccccc2)O1. The molecule has 0 saturated heterocycles. The van der Waals surface area contributed by atoms with Crippen LogP contribution >= 0.6 is 0 Å². The highest BCUT2D eigenvalue weighted by Gasteiger charge is 2.43. The summed E-state index contributed by atoms with van der Waals surface area (Å²) in [6.45, 7) is 0. The minimum Gasteiger partial charge on any atom is -0.407 e. The minimum absolute atomic E-state index is 0.138. The summed E-state index contributed by atoms with van der Waals surface area (Å²) in [6.07, 6.45) is 3.64. The highest BCUT2D eigenvalue weighted by atomic mass is 16.5. The fourth-order valence-corrected chi connectivity index (χ4v) is 2.27. The number of hydrogen-bond acceptors (Lipinski definition) is 3. The van der Waals surface area contributed by atoms with Crippen molar-refractivity contribution in [3.63, 3.8) is 0 Å². The zero-order valence-electron chi connectivity index (χ0n) is 8.98. The average molecular weight is 215 g/mol. The van der Waals surface area contributed by atoms with Crippen molar-refractivity contribution in [2.45, 2.75) is 31.2 Å². The van der Waals surface area contributed by atoms with E-state index in [4.69, 9.17) is 4.74 Å². The Morgan fingerprint density at radius 1 is 1.19 bits per heavy atom. The van der Waals surface area contributed by atoms with Crippen molar-refractivity contribution in [3.8, 4) is 0 Å².